The summed E-state index contributed by atoms with van der Waals surface area (Å²) in [5, 5.41) is 2.61. The van der Waals surface area contributed by atoms with Crippen molar-refractivity contribution < 1.29 is 17.6 Å². The lowest BCUT2D eigenvalue weighted by Gasteiger charge is -2.10. The monoisotopic (exact) mass is 301 g/mol. The summed E-state index contributed by atoms with van der Waals surface area (Å²) in [6, 6.07) is 3.67. The Kier molecular flexibility index (Phi) is 4.24. The largest absolute Gasteiger partial charge is 0.398 e. The molecule has 1 fully saturated rings. The lowest BCUT2D eigenvalue weighted by Crippen LogP contribution is -2.35. The summed E-state index contributed by atoms with van der Waals surface area (Å²) in [5.41, 5.74) is 5.33. The van der Waals surface area contributed by atoms with Gasteiger partial charge in [-0.2, -0.15) is 0 Å². The van der Waals surface area contributed by atoms with E-state index in [-0.39, 0.29) is 30.6 Å². The van der Waals surface area contributed by atoms with Gasteiger partial charge in [-0.05, 0) is 25.0 Å². The summed E-state index contributed by atoms with van der Waals surface area (Å²) in [6.07, 6.45) is 1.76. The van der Waals surface area contributed by atoms with E-state index in [1.54, 1.807) is 0 Å². The number of halogens is 1. The van der Waals surface area contributed by atoms with Crippen LogP contribution in [-0.2, 0) is 14.8 Å². The van der Waals surface area contributed by atoms with Gasteiger partial charge in [0.2, 0.25) is 15.9 Å². The molecule has 0 saturated heterocycles. The summed E-state index contributed by atoms with van der Waals surface area (Å²) >= 11 is 0. The number of anilines is 1. The lowest BCUT2D eigenvalue weighted by atomic mass is 10.3. The molecule has 1 amide bonds. The molecule has 0 spiro atoms. The van der Waals surface area contributed by atoms with Crippen molar-refractivity contribution in [3.05, 3.63) is 24.0 Å². The number of carbonyl (C=O) groups excluding carboxylic acids is 1. The highest BCUT2D eigenvalue weighted by atomic mass is 32.2. The van der Waals surface area contributed by atoms with Crippen LogP contribution in [0.4, 0.5) is 10.1 Å². The Morgan fingerprint density at radius 1 is 1.35 bits per heavy atom. The van der Waals surface area contributed by atoms with Gasteiger partial charge < -0.3 is 11.1 Å². The zero-order valence-corrected chi connectivity index (χ0v) is 11.5. The second kappa shape index (κ2) is 5.76. The van der Waals surface area contributed by atoms with Crippen molar-refractivity contribution >= 4 is 21.6 Å². The molecule has 2 rings (SSSR count). The molecule has 1 aliphatic rings. The SMILES string of the molecule is Nc1cccc(F)c1S(=O)(=O)NCCNC(=O)C1CC1. The molecule has 0 bridgehead atoms. The van der Waals surface area contributed by atoms with E-state index >= 15 is 0 Å². The average Bonchev–Trinajstić information content (AvgIpc) is 3.18. The van der Waals surface area contributed by atoms with E-state index in [0.717, 1.165) is 18.9 Å². The molecule has 1 aromatic carbocycles. The average molecular weight is 301 g/mol. The molecular formula is C12H16FN3O3S. The van der Waals surface area contributed by atoms with Gasteiger partial charge in [0.25, 0.3) is 0 Å². The van der Waals surface area contributed by atoms with Crippen molar-refractivity contribution in [2.24, 2.45) is 5.92 Å². The number of carbonyl (C=O) groups is 1. The molecular weight excluding hydrogens is 285 g/mol. The second-order valence-electron chi connectivity index (χ2n) is 4.62. The van der Waals surface area contributed by atoms with Gasteiger partial charge in [0.05, 0.1) is 5.69 Å². The summed E-state index contributed by atoms with van der Waals surface area (Å²) < 4.78 is 39.6. The molecule has 1 aliphatic carbocycles. The minimum absolute atomic E-state index is 0.0193. The maximum absolute atomic E-state index is 13.5. The third kappa shape index (κ3) is 3.45. The minimum Gasteiger partial charge on any atom is -0.398 e. The van der Waals surface area contributed by atoms with Gasteiger partial charge in [0, 0.05) is 19.0 Å². The number of hydrogen-bond acceptors (Lipinski definition) is 4. The van der Waals surface area contributed by atoms with E-state index in [2.05, 4.69) is 10.0 Å². The van der Waals surface area contributed by atoms with Gasteiger partial charge in [-0.1, -0.05) is 6.07 Å². The first-order valence-corrected chi connectivity index (χ1v) is 7.71. The first kappa shape index (κ1) is 14.7. The molecule has 6 nitrogen and oxygen atoms in total. The van der Waals surface area contributed by atoms with Crippen LogP contribution in [0.2, 0.25) is 0 Å². The van der Waals surface area contributed by atoms with Crippen LogP contribution in [0, 0.1) is 11.7 Å². The number of nitrogens with one attached hydrogen (secondary N) is 2. The van der Waals surface area contributed by atoms with Gasteiger partial charge in [-0.15, -0.1) is 0 Å². The smallest absolute Gasteiger partial charge is 0.245 e. The maximum atomic E-state index is 13.5. The maximum Gasteiger partial charge on any atom is 0.245 e. The molecule has 0 aromatic heterocycles. The van der Waals surface area contributed by atoms with Crippen LogP contribution < -0.4 is 15.8 Å². The normalized spacial score (nSPS) is 15.1. The van der Waals surface area contributed by atoms with Crippen molar-refractivity contribution in [1.82, 2.24) is 10.0 Å². The zero-order valence-electron chi connectivity index (χ0n) is 10.7. The summed E-state index contributed by atoms with van der Waals surface area (Å²) in [6.45, 7) is 0.136. The fraction of sp³-hybridized carbons (Fsp3) is 0.417. The van der Waals surface area contributed by atoms with Crippen LogP contribution in [0.1, 0.15) is 12.8 Å². The van der Waals surface area contributed by atoms with Gasteiger partial charge >= 0.3 is 0 Å². The van der Waals surface area contributed by atoms with Crippen LogP contribution >= 0.6 is 0 Å². The molecule has 8 heteroatoms. The van der Waals surface area contributed by atoms with E-state index in [9.17, 15) is 17.6 Å². The molecule has 1 aromatic rings. The Morgan fingerprint density at radius 2 is 2.05 bits per heavy atom. The third-order valence-electron chi connectivity index (χ3n) is 2.93. The summed E-state index contributed by atoms with van der Waals surface area (Å²) in [7, 11) is -4.03. The first-order valence-electron chi connectivity index (χ1n) is 6.23. The van der Waals surface area contributed by atoms with E-state index in [1.807, 2.05) is 0 Å². The first-order chi connectivity index (χ1) is 9.42. The minimum atomic E-state index is -4.03. The van der Waals surface area contributed by atoms with Crippen molar-refractivity contribution in [2.45, 2.75) is 17.7 Å². The molecule has 0 unspecified atom stereocenters. The predicted octanol–water partition coefficient (Wildman–Crippen LogP) is 0.212. The Hall–Kier alpha value is -1.67. The van der Waals surface area contributed by atoms with E-state index < -0.39 is 20.7 Å². The number of rotatable bonds is 6. The molecule has 0 heterocycles. The predicted molar refractivity (Wildman–Crippen MR) is 71.7 cm³/mol. The highest BCUT2D eigenvalue weighted by Crippen LogP contribution is 2.28. The number of nitrogens with two attached hydrogens (primary N) is 1. The number of nitrogen functional groups attached to an aromatic ring is 1. The van der Waals surface area contributed by atoms with Crippen LogP contribution in [-0.4, -0.2) is 27.4 Å². The fourth-order valence-corrected chi connectivity index (χ4v) is 2.96. The van der Waals surface area contributed by atoms with Crippen molar-refractivity contribution in [3.8, 4) is 0 Å². The van der Waals surface area contributed by atoms with Crippen molar-refractivity contribution in [3.63, 3.8) is 0 Å². The fourth-order valence-electron chi connectivity index (χ4n) is 1.74. The van der Waals surface area contributed by atoms with Gasteiger partial charge in [-0.25, -0.2) is 17.5 Å². The molecule has 0 radical (unpaired) electrons. The lowest BCUT2D eigenvalue weighted by molar-refractivity contribution is -0.122. The standard InChI is InChI=1S/C12H16FN3O3S/c13-9-2-1-3-10(14)11(9)20(18,19)16-7-6-15-12(17)8-4-5-8/h1-3,8,16H,4-7,14H2,(H,15,17). The zero-order chi connectivity index (χ0) is 14.8. The van der Waals surface area contributed by atoms with E-state index in [4.69, 9.17) is 5.73 Å². The topological polar surface area (TPSA) is 101 Å². The number of amides is 1. The van der Waals surface area contributed by atoms with Crippen LogP contribution in [0.5, 0.6) is 0 Å². The van der Waals surface area contributed by atoms with E-state index in [1.165, 1.54) is 12.1 Å². The van der Waals surface area contributed by atoms with Crippen LogP contribution in [0.15, 0.2) is 23.1 Å². The van der Waals surface area contributed by atoms with Gasteiger partial charge in [-0.3, -0.25) is 4.79 Å². The Labute approximate surface area is 116 Å². The highest BCUT2D eigenvalue weighted by molar-refractivity contribution is 7.89. The molecule has 1 saturated carbocycles. The third-order valence-corrected chi connectivity index (χ3v) is 4.48. The molecule has 20 heavy (non-hydrogen) atoms. The number of benzene rings is 1. The van der Waals surface area contributed by atoms with Crippen LogP contribution in [0.25, 0.3) is 0 Å². The van der Waals surface area contributed by atoms with Gasteiger partial charge in [0.1, 0.15) is 10.7 Å². The number of hydrogen-bond donors (Lipinski definition) is 3. The summed E-state index contributed by atoms with van der Waals surface area (Å²) in [5.74, 6) is -0.914. The Balaban J connectivity index is 1.92. The Morgan fingerprint density at radius 3 is 2.65 bits per heavy atom. The molecule has 0 atom stereocenters. The van der Waals surface area contributed by atoms with Crippen molar-refractivity contribution in [1.29, 1.82) is 0 Å². The molecule has 0 aliphatic heterocycles. The Bertz CT molecular complexity index is 594. The van der Waals surface area contributed by atoms with Crippen LogP contribution in [0.3, 0.4) is 0 Å². The van der Waals surface area contributed by atoms with Crippen molar-refractivity contribution in [2.75, 3.05) is 18.8 Å². The summed E-state index contributed by atoms with van der Waals surface area (Å²) in [4.78, 5) is 10.8. The van der Waals surface area contributed by atoms with Gasteiger partial charge in [0.15, 0.2) is 0 Å². The second-order valence-corrected chi connectivity index (χ2v) is 6.33. The number of sulfonamides is 1. The molecule has 4 N–H and O–H groups in total. The molecule has 110 valence electrons. The highest BCUT2D eigenvalue weighted by Gasteiger charge is 2.29. The quantitative estimate of drug-likeness (QED) is 0.516. The van der Waals surface area contributed by atoms with E-state index in [0.29, 0.717) is 0 Å².